The minimum Gasteiger partial charge on any atom is -0.504 e. The first-order valence-corrected chi connectivity index (χ1v) is 16.1. The molecule has 252 valence electrons. The third kappa shape index (κ3) is 6.72. The summed E-state index contributed by atoms with van der Waals surface area (Å²) in [5, 5.41) is 43.5. The summed E-state index contributed by atoms with van der Waals surface area (Å²) < 4.78 is 0. The third-order valence-electron chi connectivity index (χ3n) is 8.71. The van der Waals surface area contributed by atoms with E-state index in [1.54, 1.807) is 17.2 Å². The summed E-state index contributed by atoms with van der Waals surface area (Å²) in [7, 11) is 0. The maximum atomic E-state index is 15.3. The minimum atomic E-state index is -1.40. The van der Waals surface area contributed by atoms with Gasteiger partial charge in [0.2, 0.25) is 5.91 Å². The van der Waals surface area contributed by atoms with E-state index in [9.17, 15) is 25.2 Å². The number of H-pyrrole nitrogens is 1. The lowest BCUT2D eigenvalue weighted by atomic mass is 9.74. The van der Waals surface area contributed by atoms with Gasteiger partial charge in [-0.25, -0.2) is 4.98 Å². The van der Waals surface area contributed by atoms with Crippen LogP contribution in [0.2, 0.25) is 0 Å². The van der Waals surface area contributed by atoms with Crippen LogP contribution in [0.1, 0.15) is 38.3 Å². The number of amides is 2. The molecule has 1 atom stereocenters. The number of aromatic amines is 1. The highest BCUT2D eigenvalue weighted by Crippen LogP contribution is 2.45. The van der Waals surface area contributed by atoms with Gasteiger partial charge in [0.25, 0.3) is 5.91 Å². The number of phenolic OH excluding ortho intramolecular Hbond substituents is 4. The van der Waals surface area contributed by atoms with Crippen molar-refractivity contribution in [3.8, 4) is 23.0 Å². The zero-order valence-corrected chi connectivity index (χ0v) is 27.0. The van der Waals surface area contributed by atoms with Crippen molar-refractivity contribution in [3.05, 3.63) is 173 Å². The van der Waals surface area contributed by atoms with Crippen molar-refractivity contribution >= 4 is 11.8 Å². The number of nitrogens with one attached hydrogen (secondary N) is 2. The lowest BCUT2D eigenvalue weighted by molar-refractivity contribution is -0.127. The Hall–Kier alpha value is -6.55. The van der Waals surface area contributed by atoms with Crippen LogP contribution in [-0.2, 0) is 23.2 Å². The van der Waals surface area contributed by atoms with Crippen molar-refractivity contribution in [2.75, 3.05) is 6.54 Å². The van der Waals surface area contributed by atoms with Crippen molar-refractivity contribution < 1.29 is 30.0 Å². The number of nitrogens with zero attached hydrogens (tertiary/aromatic N) is 2. The van der Waals surface area contributed by atoms with E-state index >= 15 is 4.79 Å². The molecule has 0 radical (unpaired) electrons. The molecule has 6 aromatic rings. The molecule has 10 nitrogen and oxygen atoms in total. The monoisotopic (exact) mass is 668 g/mol. The van der Waals surface area contributed by atoms with Crippen LogP contribution in [0.15, 0.2) is 140 Å². The average Bonchev–Trinajstić information content (AvgIpc) is 3.67. The topological polar surface area (TPSA) is 159 Å². The van der Waals surface area contributed by atoms with Gasteiger partial charge in [0.1, 0.15) is 11.6 Å². The maximum Gasteiger partial charge on any atom is 0.255 e. The first-order chi connectivity index (χ1) is 24.3. The van der Waals surface area contributed by atoms with Gasteiger partial charge in [-0.15, -0.1) is 0 Å². The average molecular weight is 669 g/mol. The molecule has 0 unspecified atom stereocenters. The van der Waals surface area contributed by atoms with E-state index in [1.807, 2.05) is 91.0 Å². The van der Waals surface area contributed by atoms with Crippen molar-refractivity contribution in [1.29, 1.82) is 0 Å². The van der Waals surface area contributed by atoms with Crippen LogP contribution in [0.3, 0.4) is 0 Å². The Morgan fingerprint density at radius 2 is 1.24 bits per heavy atom. The molecular formula is C40H36N4O6. The standard InChI is InChI=1S/C40H36N4O6/c45-34-18-16-27(22-36(34)47)20-21-42-38(49)33(24-32-25-41-26-43-32)44(39(50)28-17-19-35(46)37(48)23-28)40(29-10-4-1-5-11-29,30-12-6-2-7-13-30)31-14-8-3-9-15-31/h1-19,22-23,25-26,33,45-48H,20-21,24H2,(H,41,43)(H,42,49)/t33-/m1/s1. The van der Waals surface area contributed by atoms with Crippen LogP contribution in [0.4, 0.5) is 0 Å². The second kappa shape index (κ2) is 14.7. The van der Waals surface area contributed by atoms with Crippen LogP contribution in [-0.4, -0.2) is 59.7 Å². The highest BCUT2D eigenvalue weighted by molar-refractivity contribution is 5.99. The van der Waals surface area contributed by atoms with Gasteiger partial charge in [-0.1, -0.05) is 97.1 Å². The maximum absolute atomic E-state index is 15.3. The number of carbonyl (C=O) groups is 2. The predicted molar refractivity (Wildman–Crippen MR) is 188 cm³/mol. The number of phenols is 4. The summed E-state index contributed by atoms with van der Waals surface area (Å²) >= 11 is 0. The molecule has 10 heteroatoms. The van der Waals surface area contributed by atoms with Gasteiger partial charge in [-0.05, 0) is 59.0 Å². The second-order valence-electron chi connectivity index (χ2n) is 11.8. The van der Waals surface area contributed by atoms with Crippen molar-refractivity contribution in [2.24, 2.45) is 0 Å². The first-order valence-electron chi connectivity index (χ1n) is 16.1. The van der Waals surface area contributed by atoms with Gasteiger partial charge < -0.3 is 35.6 Å². The van der Waals surface area contributed by atoms with Crippen molar-refractivity contribution in [2.45, 2.75) is 24.4 Å². The van der Waals surface area contributed by atoms with E-state index in [0.29, 0.717) is 34.4 Å². The molecule has 0 aliphatic carbocycles. The summed E-state index contributed by atoms with van der Waals surface area (Å²) in [6.07, 6.45) is 3.47. The summed E-state index contributed by atoms with van der Waals surface area (Å²) in [6, 6.07) is 35.5. The molecular weight excluding hydrogens is 632 g/mol. The number of benzene rings is 5. The summed E-state index contributed by atoms with van der Waals surface area (Å²) in [5.74, 6) is -2.43. The minimum absolute atomic E-state index is 0.0376. The number of rotatable bonds is 12. The van der Waals surface area contributed by atoms with E-state index in [2.05, 4.69) is 15.3 Å². The molecule has 0 saturated heterocycles. The van der Waals surface area contributed by atoms with Gasteiger partial charge in [-0.2, -0.15) is 0 Å². The predicted octanol–water partition coefficient (Wildman–Crippen LogP) is 5.64. The Bertz CT molecular complexity index is 1960. The molecule has 0 aliphatic rings. The zero-order valence-electron chi connectivity index (χ0n) is 27.0. The number of aromatic nitrogens is 2. The molecule has 0 aliphatic heterocycles. The van der Waals surface area contributed by atoms with Gasteiger partial charge in [0, 0.05) is 30.4 Å². The third-order valence-corrected chi connectivity index (χ3v) is 8.71. The summed E-state index contributed by atoms with van der Waals surface area (Å²) in [5.41, 5.74) is 2.05. The first kappa shape index (κ1) is 33.4. The van der Waals surface area contributed by atoms with E-state index in [-0.39, 0.29) is 35.8 Å². The van der Waals surface area contributed by atoms with Crippen molar-refractivity contribution in [1.82, 2.24) is 20.2 Å². The van der Waals surface area contributed by atoms with Crippen molar-refractivity contribution in [3.63, 3.8) is 0 Å². The van der Waals surface area contributed by atoms with Gasteiger partial charge in [0.15, 0.2) is 23.0 Å². The Kier molecular flexibility index (Phi) is 9.80. The second-order valence-corrected chi connectivity index (χ2v) is 11.8. The van der Waals surface area contributed by atoms with Crippen LogP contribution in [0.5, 0.6) is 23.0 Å². The van der Waals surface area contributed by atoms with E-state index in [0.717, 1.165) is 0 Å². The lowest BCUT2D eigenvalue weighted by Gasteiger charge is -2.48. The largest absolute Gasteiger partial charge is 0.504 e. The number of hydrogen-bond acceptors (Lipinski definition) is 7. The quantitative estimate of drug-likeness (QED) is 0.0728. The number of imidazole rings is 1. The van der Waals surface area contributed by atoms with Gasteiger partial charge >= 0.3 is 0 Å². The fourth-order valence-corrected chi connectivity index (χ4v) is 6.36. The highest BCUT2D eigenvalue weighted by Gasteiger charge is 2.50. The molecule has 1 aromatic heterocycles. The van der Waals surface area contributed by atoms with Gasteiger partial charge in [0.05, 0.1) is 6.33 Å². The van der Waals surface area contributed by atoms with E-state index < -0.39 is 29.1 Å². The highest BCUT2D eigenvalue weighted by atomic mass is 16.3. The molecule has 50 heavy (non-hydrogen) atoms. The normalized spacial score (nSPS) is 11.8. The molecule has 0 bridgehead atoms. The lowest BCUT2D eigenvalue weighted by Crippen LogP contribution is -2.61. The molecule has 0 fully saturated rings. The Morgan fingerprint density at radius 3 is 1.74 bits per heavy atom. The molecule has 6 rings (SSSR count). The van der Waals surface area contributed by atoms with Crippen LogP contribution >= 0.6 is 0 Å². The molecule has 2 amide bonds. The van der Waals surface area contributed by atoms with Crippen LogP contribution in [0, 0.1) is 0 Å². The van der Waals surface area contributed by atoms with Crippen LogP contribution in [0.25, 0.3) is 0 Å². The van der Waals surface area contributed by atoms with E-state index in [1.165, 1.54) is 36.7 Å². The SMILES string of the molecule is O=C(NCCc1ccc(O)c(O)c1)[C@@H](Cc1cnc[nH]1)N(C(=O)c1ccc(O)c(O)c1)C(c1ccccc1)(c1ccccc1)c1ccccc1. The van der Waals surface area contributed by atoms with Gasteiger partial charge in [-0.3, -0.25) is 9.59 Å². The fraction of sp³-hybridized carbons (Fsp3) is 0.125. The Morgan fingerprint density at radius 1 is 0.700 bits per heavy atom. The zero-order chi connectivity index (χ0) is 35.1. The molecule has 0 saturated carbocycles. The fourth-order valence-electron chi connectivity index (χ4n) is 6.36. The smallest absolute Gasteiger partial charge is 0.255 e. The summed E-state index contributed by atoms with van der Waals surface area (Å²) in [6.45, 7) is 0.152. The molecule has 5 aromatic carbocycles. The molecule has 0 spiro atoms. The molecule has 6 N–H and O–H groups in total. The number of aromatic hydroxyl groups is 4. The van der Waals surface area contributed by atoms with Crippen LogP contribution < -0.4 is 5.32 Å². The van der Waals surface area contributed by atoms with E-state index in [4.69, 9.17) is 0 Å². The summed E-state index contributed by atoms with van der Waals surface area (Å²) in [4.78, 5) is 38.8. The Labute approximate surface area is 289 Å². The molecule has 1 heterocycles. The number of carbonyl (C=O) groups excluding carboxylic acids is 2. The Balaban J connectivity index is 1.58. The number of hydrogen-bond donors (Lipinski definition) is 6.